The third-order valence-electron chi connectivity index (χ3n) is 1.58. The topological polar surface area (TPSA) is 49.2 Å². The van der Waals surface area contributed by atoms with E-state index in [2.05, 4.69) is 10.2 Å². The Kier molecular flexibility index (Phi) is 2.78. The van der Waals surface area contributed by atoms with Crippen LogP contribution in [0.2, 0.25) is 0 Å². The summed E-state index contributed by atoms with van der Waals surface area (Å²) in [5, 5.41) is 17.2. The quantitative estimate of drug-likeness (QED) is 0.716. The number of anilines is 1. The Labute approximate surface area is 69.5 Å². The molecule has 1 aromatic heterocycles. The SMILES string of the molecule is CC(CO)N(C)c1nncs1. The summed E-state index contributed by atoms with van der Waals surface area (Å²) >= 11 is 1.47. The van der Waals surface area contributed by atoms with Crippen LogP contribution in [-0.2, 0) is 0 Å². The lowest BCUT2D eigenvalue weighted by molar-refractivity contribution is 0.270. The standard InChI is InChI=1S/C6H11N3OS/c1-5(3-10)9(2)6-8-7-4-11-6/h4-5,10H,3H2,1-2H3. The Hall–Kier alpha value is -0.680. The Morgan fingerprint density at radius 1 is 1.82 bits per heavy atom. The number of aliphatic hydroxyl groups excluding tert-OH is 1. The minimum atomic E-state index is 0.1000. The van der Waals surface area contributed by atoms with Gasteiger partial charge in [0.25, 0.3) is 0 Å². The van der Waals surface area contributed by atoms with E-state index >= 15 is 0 Å². The molecule has 0 aliphatic carbocycles. The second kappa shape index (κ2) is 3.64. The molecule has 1 atom stereocenters. The number of aliphatic hydroxyl groups is 1. The van der Waals surface area contributed by atoms with Gasteiger partial charge >= 0.3 is 0 Å². The van der Waals surface area contributed by atoms with Crippen molar-refractivity contribution in [1.29, 1.82) is 0 Å². The number of likely N-dealkylation sites (N-methyl/N-ethyl adjacent to an activating group) is 1. The Morgan fingerprint density at radius 2 is 2.55 bits per heavy atom. The van der Waals surface area contributed by atoms with Crippen molar-refractivity contribution in [3.05, 3.63) is 5.51 Å². The van der Waals surface area contributed by atoms with E-state index in [1.807, 2.05) is 18.9 Å². The van der Waals surface area contributed by atoms with Gasteiger partial charge in [0.2, 0.25) is 5.13 Å². The second-order valence-corrected chi connectivity index (χ2v) is 3.18. The highest BCUT2D eigenvalue weighted by Gasteiger charge is 2.10. The third kappa shape index (κ3) is 1.87. The number of rotatable bonds is 3. The first kappa shape index (κ1) is 8.42. The molecule has 4 nitrogen and oxygen atoms in total. The van der Waals surface area contributed by atoms with Crippen LogP contribution in [0.15, 0.2) is 5.51 Å². The van der Waals surface area contributed by atoms with Crippen molar-refractivity contribution in [3.63, 3.8) is 0 Å². The summed E-state index contributed by atoms with van der Waals surface area (Å²) in [6.07, 6.45) is 0. The molecular weight excluding hydrogens is 162 g/mol. The van der Waals surface area contributed by atoms with Gasteiger partial charge in [-0.1, -0.05) is 11.3 Å². The molecule has 0 saturated heterocycles. The zero-order valence-electron chi connectivity index (χ0n) is 6.56. The summed E-state index contributed by atoms with van der Waals surface area (Å²) in [4.78, 5) is 1.90. The zero-order valence-corrected chi connectivity index (χ0v) is 7.38. The van der Waals surface area contributed by atoms with Crippen molar-refractivity contribution >= 4 is 16.5 Å². The van der Waals surface area contributed by atoms with Gasteiger partial charge in [0, 0.05) is 7.05 Å². The van der Waals surface area contributed by atoms with Gasteiger partial charge in [0.15, 0.2) is 0 Å². The molecule has 62 valence electrons. The number of hydrogen-bond acceptors (Lipinski definition) is 5. The molecule has 0 fully saturated rings. The fourth-order valence-electron chi connectivity index (χ4n) is 0.632. The maximum atomic E-state index is 8.82. The largest absolute Gasteiger partial charge is 0.394 e. The van der Waals surface area contributed by atoms with Crippen LogP contribution >= 0.6 is 11.3 Å². The highest BCUT2D eigenvalue weighted by atomic mass is 32.1. The lowest BCUT2D eigenvalue weighted by Crippen LogP contribution is -2.31. The van der Waals surface area contributed by atoms with Crippen LogP contribution < -0.4 is 4.90 Å². The molecule has 0 bridgehead atoms. The Bertz CT molecular complexity index is 202. The molecule has 0 saturated carbocycles. The Morgan fingerprint density at radius 3 is 3.00 bits per heavy atom. The molecular formula is C6H11N3OS. The maximum Gasteiger partial charge on any atom is 0.208 e. The highest BCUT2D eigenvalue weighted by Crippen LogP contribution is 2.15. The van der Waals surface area contributed by atoms with Crippen molar-refractivity contribution in [3.8, 4) is 0 Å². The fourth-order valence-corrected chi connectivity index (χ4v) is 1.26. The maximum absolute atomic E-state index is 8.82. The van der Waals surface area contributed by atoms with E-state index in [0.717, 1.165) is 5.13 Å². The molecule has 1 rings (SSSR count). The van der Waals surface area contributed by atoms with E-state index in [-0.39, 0.29) is 12.6 Å². The second-order valence-electron chi connectivity index (χ2n) is 2.36. The van der Waals surface area contributed by atoms with Crippen molar-refractivity contribution < 1.29 is 5.11 Å². The van der Waals surface area contributed by atoms with Gasteiger partial charge < -0.3 is 10.0 Å². The smallest absolute Gasteiger partial charge is 0.208 e. The summed E-state index contributed by atoms with van der Waals surface area (Å²) in [6, 6.07) is 0.1000. The number of aromatic nitrogens is 2. The van der Waals surface area contributed by atoms with Gasteiger partial charge in [0.05, 0.1) is 12.6 Å². The molecule has 0 aliphatic heterocycles. The van der Waals surface area contributed by atoms with Crippen LogP contribution in [0.25, 0.3) is 0 Å². The summed E-state index contributed by atoms with van der Waals surface area (Å²) in [5.74, 6) is 0. The normalized spacial score (nSPS) is 13.0. The molecule has 1 aromatic rings. The van der Waals surface area contributed by atoms with Crippen LogP contribution in [0, 0.1) is 0 Å². The van der Waals surface area contributed by atoms with Gasteiger partial charge in [-0.2, -0.15) is 0 Å². The summed E-state index contributed by atoms with van der Waals surface area (Å²) in [5.41, 5.74) is 1.68. The minimum Gasteiger partial charge on any atom is -0.394 e. The van der Waals surface area contributed by atoms with E-state index in [4.69, 9.17) is 5.11 Å². The molecule has 0 spiro atoms. The van der Waals surface area contributed by atoms with E-state index in [1.165, 1.54) is 11.3 Å². The predicted molar refractivity (Wildman–Crippen MR) is 44.9 cm³/mol. The summed E-state index contributed by atoms with van der Waals surface area (Å²) < 4.78 is 0. The van der Waals surface area contributed by atoms with Gasteiger partial charge in [-0.3, -0.25) is 0 Å². The monoisotopic (exact) mass is 173 g/mol. The molecule has 0 aliphatic rings. The number of nitrogens with zero attached hydrogens (tertiary/aromatic N) is 3. The average Bonchev–Trinajstić information content (AvgIpc) is 2.53. The first-order valence-electron chi connectivity index (χ1n) is 3.35. The molecule has 0 radical (unpaired) electrons. The van der Waals surface area contributed by atoms with Gasteiger partial charge in [-0.05, 0) is 6.92 Å². The van der Waals surface area contributed by atoms with Gasteiger partial charge in [0.1, 0.15) is 5.51 Å². The minimum absolute atomic E-state index is 0.1000. The molecule has 1 unspecified atom stereocenters. The van der Waals surface area contributed by atoms with E-state index in [1.54, 1.807) is 5.51 Å². The number of hydrogen-bond donors (Lipinski definition) is 1. The van der Waals surface area contributed by atoms with Crippen LogP contribution in [0.3, 0.4) is 0 Å². The summed E-state index contributed by atoms with van der Waals surface area (Å²) in [7, 11) is 1.89. The molecule has 11 heavy (non-hydrogen) atoms. The lowest BCUT2D eigenvalue weighted by atomic mass is 10.3. The van der Waals surface area contributed by atoms with Gasteiger partial charge in [-0.25, -0.2) is 0 Å². The molecule has 1 N–H and O–H groups in total. The van der Waals surface area contributed by atoms with Crippen LogP contribution in [0.1, 0.15) is 6.92 Å². The lowest BCUT2D eigenvalue weighted by Gasteiger charge is -2.21. The molecule has 0 amide bonds. The van der Waals surface area contributed by atoms with E-state index in [9.17, 15) is 0 Å². The first-order chi connectivity index (χ1) is 5.25. The zero-order chi connectivity index (χ0) is 8.27. The van der Waals surface area contributed by atoms with Crippen molar-refractivity contribution in [1.82, 2.24) is 10.2 Å². The van der Waals surface area contributed by atoms with Crippen LogP contribution in [-0.4, -0.2) is 35.0 Å². The molecule has 1 heterocycles. The van der Waals surface area contributed by atoms with Gasteiger partial charge in [-0.15, -0.1) is 10.2 Å². The van der Waals surface area contributed by atoms with Crippen LogP contribution in [0.5, 0.6) is 0 Å². The highest BCUT2D eigenvalue weighted by molar-refractivity contribution is 7.13. The van der Waals surface area contributed by atoms with E-state index in [0.29, 0.717) is 0 Å². The molecule has 0 aromatic carbocycles. The fraction of sp³-hybridized carbons (Fsp3) is 0.667. The van der Waals surface area contributed by atoms with Crippen molar-refractivity contribution in [2.45, 2.75) is 13.0 Å². The van der Waals surface area contributed by atoms with Crippen LogP contribution in [0.4, 0.5) is 5.13 Å². The van der Waals surface area contributed by atoms with E-state index < -0.39 is 0 Å². The van der Waals surface area contributed by atoms with Crippen molar-refractivity contribution in [2.24, 2.45) is 0 Å². The summed E-state index contributed by atoms with van der Waals surface area (Å²) in [6.45, 7) is 2.07. The average molecular weight is 173 g/mol. The first-order valence-corrected chi connectivity index (χ1v) is 4.23. The van der Waals surface area contributed by atoms with Crippen molar-refractivity contribution in [2.75, 3.05) is 18.6 Å². The predicted octanol–water partition coefficient (Wildman–Crippen LogP) is 0.355. The third-order valence-corrected chi connectivity index (χ3v) is 2.36. The Balaban J connectivity index is 2.62. The molecule has 5 heteroatoms.